The molecule has 0 aromatic carbocycles. The van der Waals surface area contributed by atoms with E-state index in [4.69, 9.17) is 0 Å². The van der Waals surface area contributed by atoms with Crippen LogP contribution in [0, 0.1) is 12.8 Å². The Morgan fingerprint density at radius 3 is 2.76 bits per heavy atom. The normalized spacial score (nSPS) is 24.8. The molecule has 1 N–H and O–H groups in total. The number of nitrogens with zero attached hydrogens (tertiary/aromatic N) is 3. The molecule has 1 fully saturated rings. The molecule has 0 amide bonds. The predicted molar refractivity (Wildman–Crippen MR) is 71.5 cm³/mol. The smallest absolute Gasteiger partial charge is 0.137 e. The summed E-state index contributed by atoms with van der Waals surface area (Å²) in [6, 6.07) is 0.567. The van der Waals surface area contributed by atoms with Crippen LogP contribution in [0.25, 0.3) is 0 Å². The number of nitrogens with one attached hydrogen (secondary N) is 1. The summed E-state index contributed by atoms with van der Waals surface area (Å²) < 4.78 is 0. The van der Waals surface area contributed by atoms with Gasteiger partial charge in [0.15, 0.2) is 0 Å². The minimum absolute atomic E-state index is 0.567. The lowest BCUT2D eigenvalue weighted by molar-refractivity contribution is 0.375. The van der Waals surface area contributed by atoms with E-state index in [1.165, 1.54) is 12.8 Å². The van der Waals surface area contributed by atoms with Crippen LogP contribution in [0.3, 0.4) is 0 Å². The molecule has 0 radical (unpaired) electrons. The van der Waals surface area contributed by atoms with Crippen molar-refractivity contribution in [3.63, 3.8) is 0 Å². The van der Waals surface area contributed by atoms with Crippen LogP contribution < -0.4 is 10.2 Å². The minimum Gasteiger partial charge on any atom is -0.373 e. The molecule has 4 nitrogen and oxygen atoms in total. The highest BCUT2D eigenvalue weighted by Gasteiger charge is 2.25. The van der Waals surface area contributed by atoms with Gasteiger partial charge < -0.3 is 10.2 Å². The Morgan fingerprint density at radius 2 is 2.12 bits per heavy atom. The first-order valence-corrected chi connectivity index (χ1v) is 6.39. The first-order valence-electron chi connectivity index (χ1n) is 6.39. The van der Waals surface area contributed by atoms with Gasteiger partial charge in [-0.3, -0.25) is 0 Å². The van der Waals surface area contributed by atoms with Crippen molar-refractivity contribution in [3.8, 4) is 0 Å². The predicted octanol–water partition coefficient (Wildman–Crippen LogP) is 2.45. The highest BCUT2D eigenvalue weighted by atomic mass is 15.2. The van der Waals surface area contributed by atoms with E-state index >= 15 is 0 Å². The van der Waals surface area contributed by atoms with Crippen LogP contribution in [0.1, 0.15) is 32.3 Å². The standard InChI is InChI=1S/C13H22N4/c1-9-5-6-17(10(2)7-9)13-11(3)12(14-4)15-8-16-13/h8-10H,5-7H2,1-4H3,(H,14,15,16). The molecule has 0 bridgehead atoms. The van der Waals surface area contributed by atoms with Gasteiger partial charge in [-0.15, -0.1) is 0 Å². The molecule has 94 valence electrons. The number of hydrogen-bond acceptors (Lipinski definition) is 4. The second-order valence-corrected chi connectivity index (χ2v) is 5.09. The molecule has 2 rings (SSSR count). The molecule has 1 aromatic heterocycles. The zero-order valence-electron chi connectivity index (χ0n) is 11.2. The molecular formula is C13H22N4. The van der Waals surface area contributed by atoms with E-state index in [9.17, 15) is 0 Å². The maximum absolute atomic E-state index is 4.46. The highest BCUT2D eigenvalue weighted by Crippen LogP contribution is 2.30. The Bertz CT molecular complexity index is 391. The van der Waals surface area contributed by atoms with Crippen LogP contribution in [0.2, 0.25) is 0 Å². The molecule has 2 heterocycles. The Kier molecular flexibility index (Phi) is 3.50. The number of rotatable bonds is 2. The summed E-state index contributed by atoms with van der Waals surface area (Å²) in [6.45, 7) is 7.81. The lowest BCUT2D eigenvalue weighted by Gasteiger charge is -2.38. The number of anilines is 2. The third-order valence-electron chi connectivity index (χ3n) is 3.70. The van der Waals surface area contributed by atoms with Crippen molar-refractivity contribution in [2.24, 2.45) is 5.92 Å². The van der Waals surface area contributed by atoms with Gasteiger partial charge >= 0.3 is 0 Å². The second-order valence-electron chi connectivity index (χ2n) is 5.09. The molecule has 2 atom stereocenters. The van der Waals surface area contributed by atoms with E-state index in [1.54, 1.807) is 6.33 Å². The third kappa shape index (κ3) is 2.35. The SMILES string of the molecule is CNc1ncnc(N2CCC(C)CC2C)c1C. The van der Waals surface area contributed by atoms with Gasteiger partial charge in [0.2, 0.25) is 0 Å². The van der Waals surface area contributed by atoms with Gasteiger partial charge in [-0.2, -0.15) is 0 Å². The lowest BCUT2D eigenvalue weighted by Crippen LogP contribution is -2.41. The Labute approximate surface area is 103 Å². The van der Waals surface area contributed by atoms with Crippen molar-refractivity contribution in [2.75, 3.05) is 23.8 Å². The molecule has 17 heavy (non-hydrogen) atoms. The van der Waals surface area contributed by atoms with Crippen molar-refractivity contribution < 1.29 is 0 Å². The Morgan fingerprint density at radius 1 is 1.35 bits per heavy atom. The van der Waals surface area contributed by atoms with E-state index in [0.29, 0.717) is 6.04 Å². The highest BCUT2D eigenvalue weighted by molar-refractivity contribution is 5.58. The number of aromatic nitrogens is 2. The van der Waals surface area contributed by atoms with Crippen molar-refractivity contribution in [1.82, 2.24) is 9.97 Å². The van der Waals surface area contributed by atoms with Crippen molar-refractivity contribution in [3.05, 3.63) is 11.9 Å². The summed E-state index contributed by atoms with van der Waals surface area (Å²) in [5.74, 6) is 2.84. The fraction of sp³-hybridized carbons (Fsp3) is 0.692. The number of hydrogen-bond donors (Lipinski definition) is 1. The van der Waals surface area contributed by atoms with Gasteiger partial charge in [0.25, 0.3) is 0 Å². The summed E-state index contributed by atoms with van der Waals surface area (Å²) in [6.07, 6.45) is 4.15. The van der Waals surface area contributed by atoms with Gasteiger partial charge in [-0.1, -0.05) is 6.92 Å². The van der Waals surface area contributed by atoms with Crippen LogP contribution in [0.4, 0.5) is 11.6 Å². The second kappa shape index (κ2) is 4.90. The maximum Gasteiger partial charge on any atom is 0.137 e. The third-order valence-corrected chi connectivity index (χ3v) is 3.70. The average molecular weight is 234 g/mol. The fourth-order valence-electron chi connectivity index (χ4n) is 2.70. The zero-order chi connectivity index (χ0) is 12.4. The Hall–Kier alpha value is -1.32. The Balaban J connectivity index is 2.28. The van der Waals surface area contributed by atoms with Gasteiger partial charge in [0, 0.05) is 25.2 Å². The zero-order valence-corrected chi connectivity index (χ0v) is 11.2. The molecule has 0 spiro atoms. The average Bonchev–Trinajstić information content (AvgIpc) is 2.30. The molecule has 1 aliphatic heterocycles. The van der Waals surface area contributed by atoms with Gasteiger partial charge in [-0.05, 0) is 32.6 Å². The van der Waals surface area contributed by atoms with E-state index < -0.39 is 0 Å². The van der Waals surface area contributed by atoms with Crippen LogP contribution in [-0.4, -0.2) is 29.6 Å². The first kappa shape index (κ1) is 12.1. The van der Waals surface area contributed by atoms with E-state index in [0.717, 1.165) is 29.7 Å². The minimum atomic E-state index is 0.567. The molecule has 0 aliphatic carbocycles. The summed E-state index contributed by atoms with van der Waals surface area (Å²) in [7, 11) is 1.90. The first-order chi connectivity index (χ1) is 8.13. The fourth-order valence-corrected chi connectivity index (χ4v) is 2.70. The van der Waals surface area contributed by atoms with Crippen LogP contribution in [-0.2, 0) is 0 Å². The van der Waals surface area contributed by atoms with Gasteiger partial charge in [-0.25, -0.2) is 9.97 Å². The topological polar surface area (TPSA) is 41.1 Å². The summed E-state index contributed by atoms with van der Waals surface area (Å²) in [4.78, 5) is 11.1. The van der Waals surface area contributed by atoms with Crippen molar-refractivity contribution >= 4 is 11.6 Å². The maximum atomic E-state index is 4.46. The summed E-state index contributed by atoms with van der Waals surface area (Å²) in [5, 5.41) is 3.12. The molecule has 1 aliphatic rings. The quantitative estimate of drug-likeness (QED) is 0.853. The number of piperidine rings is 1. The van der Waals surface area contributed by atoms with Crippen molar-refractivity contribution in [2.45, 2.75) is 39.7 Å². The van der Waals surface area contributed by atoms with Gasteiger partial charge in [0.1, 0.15) is 18.0 Å². The molecule has 4 heteroatoms. The monoisotopic (exact) mass is 234 g/mol. The van der Waals surface area contributed by atoms with Crippen LogP contribution in [0.15, 0.2) is 6.33 Å². The molecular weight excluding hydrogens is 212 g/mol. The van der Waals surface area contributed by atoms with E-state index in [1.807, 2.05) is 7.05 Å². The summed E-state index contributed by atoms with van der Waals surface area (Å²) in [5.41, 5.74) is 1.15. The molecule has 2 unspecified atom stereocenters. The van der Waals surface area contributed by atoms with E-state index in [2.05, 4.69) is 41.0 Å². The van der Waals surface area contributed by atoms with Crippen LogP contribution >= 0.6 is 0 Å². The molecule has 1 aromatic rings. The molecule has 0 saturated carbocycles. The van der Waals surface area contributed by atoms with E-state index in [-0.39, 0.29) is 0 Å². The lowest BCUT2D eigenvalue weighted by atomic mass is 9.93. The van der Waals surface area contributed by atoms with Crippen molar-refractivity contribution in [1.29, 1.82) is 0 Å². The van der Waals surface area contributed by atoms with Crippen LogP contribution in [0.5, 0.6) is 0 Å². The summed E-state index contributed by atoms with van der Waals surface area (Å²) >= 11 is 0. The molecule has 1 saturated heterocycles. The van der Waals surface area contributed by atoms with Gasteiger partial charge in [0.05, 0.1) is 0 Å². The largest absolute Gasteiger partial charge is 0.373 e.